The monoisotopic (exact) mass is 435 g/mol. The molecule has 0 atom stereocenters. The number of hydrogen-bond acceptors (Lipinski definition) is 8. The average Bonchev–Trinajstić information content (AvgIpc) is 3.40. The molecule has 2 N–H and O–H groups in total. The van der Waals surface area contributed by atoms with E-state index in [9.17, 15) is 14.4 Å². The molecular formula is C18H18N3O8P. The van der Waals surface area contributed by atoms with Gasteiger partial charge in [-0.25, -0.2) is 4.68 Å². The van der Waals surface area contributed by atoms with Gasteiger partial charge < -0.3 is 33.5 Å². The van der Waals surface area contributed by atoms with Crippen LogP contribution in [0.5, 0.6) is 28.7 Å². The maximum atomic E-state index is 12.0. The van der Waals surface area contributed by atoms with E-state index in [2.05, 4.69) is 10.3 Å². The van der Waals surface area contributed by atoms with Crippen LogP contribution >= 0.6 is 7.60 Å². The molecular weight excluding hydrogens is 417 g/mol. The summed E-state index contributed by atoms with van der Waals surface area (Å²) in [6.07, 6.45) is 1.46. The molecule has 1 aromatic heterocycles. The highest BCUT2D eigenvalue weighted by Crippen LogP contribution is 2.45. The fraction of sp³-hybridized carbons (Fsp3) is 0.222. The Morgan fingerprint density at radius 3 is 2.47 bits per heavy atom. The van der Waals surface area contributed by atoms with Gasteiger partial charge in [0.05, 0.1) is 38.9 Å². The first-order valence-electron chi connectivity index (χ1n) is 8.58. The van der Waals surface area contributed by atoms with E-state index < -0.39 is 7.60 Å². The van der Waals surface area contributed by atoms with Crippen LogP contribution in [-0.4, -0.2) is 52.9 Å². The normalized spacial score (nSPS) is 12.7. The summed E-state index contributed by atoms with van der Waals surface area (Å²) in [7, 11) is -0.474. The topological polar surface area (TPSA) is 134 Å². The fourth-order valence-corrected chi connectivity index (χ4v) is 3.94. The first-order chi connectivity index (χ1) is 14.4. The van der Waals surface area contributed by atoms with Crippen molar-refractivity contribution in [2.45, 2.75) is 0 Å². The van der Waals surface area contributed by atoms with Crippen LogP contribution in [0.1, 0.15) is 0 Å². The quantitative estimate of drug-likeness (QED) is 0.549. The van der Waals surface area contributed by atoms with Gasteiger partial charge in [0.25, 0.3) is 0 Å². The van der Waals surface area contributed by atoms with E-state index in [1.54, 1.807) is 18.2 Å². The summed E-state index contributed by atoms with van der Waals surface area (Å²) in [6, 6.07) is 6.29. The van der Waals surface area contributed by atoms with Crippen LogP contribution in [0.25, 0.3) is 16.9 Å². The molecule has 1 aliphatic rings. The van der Waals surface area contributed by atoms with Crippen LogP contribution in [0.3, 0.4) is 0 Å². The van der Waals surface area contributed by atoms with Crippen molar-refractivity contribution in [1.29, 1.82) is 0 Å². The molecule has 30 heavy (non-hydrogen) atoms. The van der Waals surface area contributed by atoms with Gasteiger partial charge in [-0.05, 0) is 12.1 Å². The zero-order valence-corrected chi connectivity index (χ0v) is 17.1. The zero-order chi connectivity index (χ0) is 21.5. The molecule has 1 aliphatic heterocycles. The molecule has 0 bridgehead atoms. The summed E-state index contributed by atoms with van der Waals surface area (Å²) in [5.41, 5.74) is 1.41. The second-order valence-electron chi connectivity index (χ2n) is 6.19. The van der Waals surface area contributed by atoms with Crippen molar-refractivity contribution in [1.82, 2.24) is 15.0 Å². The fourth-order valence-electron chi connectivity index (χ4n) is 3.17. The molecule has 2 heterocycles. The van der Waals surface area contributed by atoms with Crippen LogP contribution in [0.4, 0.5) is 0 Å². The van der Waals surface area contributed by atoms with Gasteiger partial charge in [-0.3, -0.25) is 4.57 Å². The number of methoxy groups -OCH3 is 3. The summed E-state index contributed by atoms with van der Waals surface area (Å²) < 4.78 is 40.2. The van der Waals surface area contributed by atoms with Crippen LogP contribution in [0.15, 0.2) is 30.5 Å². The Kier molecular flexibility index (Phi) is 5.02. The summed E-state index contributed by atoms with van der Waals surface area (Å²) >= 11 is 0. The minimum absolute atomic E-state index is 0.0432. The molecule has 3 aromatic rings. The van der Waals surface area contributed by atoms with Crippen molar-refractivity contribution in [3.8, 4) is 45.7 Å². The van der Waals surface area contributed by atoms with E-state index in [1.807, 2.05) is 0 Å². The third kappa shape index (κ3) is 3.32. The molecule has 0 aliphatic carbocycles. The second kappa shape index (κ2) is 7.52. The third-order valence-corrected chi connectivity index (χ3v) is 5.47. The third-order valence-electron chi connectivity index (χ3n) is 4.51. The zero-order valence-electron chi connectivity index (χ0n) is 16.2. The highest BCUT2D eigenvalue weighted by Gasteiger charge is 2.28. The molecule has 0 radical (unpaired) electrons. The molecule has 4 rings (SSSR count). The molecule has 12 heteroatoms. The maximum absolute atomic E-state index is 12.0. The number of benzene rings is 2. The number of fused-ring (bicyclic) bond motifs is 1. The Morgan fingerprint density at radius 1 is 1.03 bits per heavy atom. The maximum Gasteiger partial charge on any atom is 0.360 e. The predicted octanol–water partition coefficient (Wildman–Crippen LogP) is 1.49. The van der Waals surface area contributed by atoms with E-state index in [1.165, 1.54) is 38.3 Å². The summed E-state index contributed by atoms with van der Waals surface area (Å²) in [5, 5.41) is 7.74. The standard InChI is InChI=1S/C18H18N3O8P/c1-25-13-4-10(5-16(18(13)27-3)30(22,23)24)12-8-19-20-21(12)11-6-14(26-2)17-15(7-11)28-9-29-17/h4-8H,9H2,1-3H3,(H2,22,23,24). The van der Waals surface area contributed by atoms with Crippen LogP contribution in [-0.2, 0) is 4.57 Å². The Labute approximate surface area is 170 Å². The van der Waals surface area contributed by atoms with E-state index >= 15 is 0 Å². The second-order valence-corrected chi connectivity index (χ2v) is 7.76. The Balaban J connectivity index is 1.90. The molecule has 0 unspecified atom stereocenters. The highest BCUT2D eigenvalue weighted by atomic mass is 31.2. The van der Waals surface area contributed by atoms with E-state index in [4.69, 9.17) is 23.7 Å². The number of nitrogens with zero attached hydrogens (tertiary/aromatic N) is 3. The van der Waals surface area contributed by atoms with Gasteiger partial charge in [0.1, 0.15) is 5.30 Å². The molecule has 0 saturated carbocycles. The van der Waals surface area contributed by atoms with E-state index in [0.29, 0.717) is 34.2 Å². The Hall–Kier alpha value is -3.27. The molecule has 0 spiro atoms. The van der Waals surface area contributed by atoms with Crippen LogP contribution in [0.2, 0.25) is 0 Å². The lowest BCUT2D eigenvalue weighted by Gasteiger charge is -2.16. The van der Waals surface area contributed by atoms with Gasteiger partial charge in [0, 0.05) is 17.7 Å². The number of hydrogen-bond donors (Lipinski definition) is 2. The van der Waals surface area contributed by atoms with Gasteiger partial charge in [0.2, 0.25) is 12.5 Å². The van der Waals surface area contributed by atoms with Crippen molar-refractivity contribution in [3.05, 3.63) is 30.5 Å². The minimum atomic E-state index is -4.66. The van der Waals surface area contributed by atoms with Crippen LogP contribution in [0, 0.1) is 0 Å². The van der Waals surface area contributed by atoms with Gasteiger partial charge in [0.15, 0.2) is 23.0 Å². The van der Waals surface area contributed by atoms with E-state index in [0.717, 1.165) is 0 Å². The summed E-state index contributed by atoms with van der Waals surface area (Å²) in [5.74, 6) is 1.53. The molecule has 0 amide bonds. The lowest BCUT2D eigenvalue weighted by Crippen LogP contribution is -2.11. The molecule has 11 nitrogen and oxygen atoms in total. The first kappa shape index (κ1) is 20.0. The number of aromatic nitrogens is 3. The SMILES string of the molecule is COc1cc(-n2nncc2-c2cc(OC)c(OC)c(P(=O)(O)O)c2)cc2c1OCO2. The van der Waals surface area contributed by atoms with Crippen LogP contribution < -0.4 is 29.0 Å². The van der Waals surface area contributed by atoms with Gasteiger partial charge in [-0.2, -0.15) is 0 Å². The van der Waals surface area contributed by atoms with E-state index in [-0.39, 0.29) is 23.6 Å². The Morgan fingerprint density at radius 2 is 1.80 bits per heavy atom. The first-order valence-corrected chi connectivity index (χ1v) is 10.2. The number of ether oxygens (including phenoxy) is 5. The molecule has 0 fully saturated rings. The summed E-state index contributed by atoms with van der Waals surface area (Å²) in [4.78, 5) is 19.6. The predicted molar refractivity (Wildman–Crippen MR) is 104 cm³/mol. The van der Waals surface area contributed by atoms with Crippen molar-refractivity contribution in [2.24, 2.45) is 0 Å². The molecule has 0 saturated heterocycles. The Bertz CT molecular complexity index is 1160. The summed E-state index contributed by atoms with van der Waals surface area (Å²) in [6.45, 7) is 0.0701. The minimum Gasteiger partial charge on any atom is -0.493 e. The lowest BCUT2D eigenvalue weighted by molar-refractivity contribution is 0.171. The largest absolute Gasteiger partial charge is 0.493 e. The highest BCUT2D eigenvalue weighted by molar-refractivity contribution is 7.60. The van der Waals surface area contributed by atoms with Gasteiger partial charge in [-0.1, -0.05) is 5.21 Å². The van der Waals surface area contributed by atoms with Gasteiger partial charge >= 0.3 is 7.60 Å². The molecule has 158 valence electrons. The van der Waals surface area contributed by atoms with Crippen molar-refractivity contribution in [2.75, 3.05) is 28.1 Å². The van der Waals surface area contributed by atoms with Crippen molar-refractivity contribution < 1.29 is 38.0 Å². The van der Waals surface area contributed by atoms with Crippen molar-refractivity contribution in [3.63, 3.8) is 0 Å². The van der Waals surface area contributed by atoms with Crippen molar-refractivity contribution >= 4 is 12.9 Å². The smallest absolute Gasteiger partial charge is 0.360 e. The van der Waals surface area contributed by atoms with Gasteiger partial charge in [-0.15, -0.1) is 5.10 Å². The number of rotatable bonds is 6. The lowest BCUT2D eigenvalue weighted by atomic mass is 10.1. The molecule has 2 aromatic carbocycles. The average molecular weight is 435 g/mol.